The van der Waals surface area contributed by atoms with Gasteiger partial charge in [-0.3, -0.25) is 4.90 Å². The Balaban J connectivity index is 1.96. The van der Waals surface area contributed by atoms with Gasteiger partial charge in [-0.25, -0.2) is 0 Å². The summed E-state index contributed by atoms with van der Waals surface area (Å²) in [7, 11) is 1.60. The molecule has 0 aromatic heterocycles. The first-order valence-electron chi connectivity index (χ1n) is 7.84. The number of nitriles is 1. The van der Waals surface area contributed by atoms with E-state index in [0.717, 1.165) is 18.5 Å². The zero-order chi connectivity index (χ0) is 14.8. The van der Waals surface area contributed by atoms with Crippen molar-refractivity contribution in [3.63, 3.8) is 0 Å². The van der Waals surface area contributed by atoms with Crippen LogP contribution in [-0.2, 0) is 0 Å². The zero-order valence-electron chi connectivity index (χ0n) is 12.6. The van der Waals surface area contributed by atoms with Crippen LogP contribution in [0.5, 0.6) is 5.75 Å². The van der Waals surface area contributed by atoms with Gasteiger partial charge in [-0.2, -0.15) is 5.26 Å². The van der Waals surface area contributed by atoms with Crippen LogP contribution in [0.4, 0.5) is 0 Å². The molecule has 1 aromatic rings. The number of rotatable bonds is 3. The highest BCUT2D eigenvalue weighted by Gasteiger charge is 2.38. The summed E-state index contributed by atoms with van der Waals surface area (Å²) >= 11 is 0. The van der Waals surface area contributed by atoms with Crippen molar-refractivity contribution in [2.75, 3.05) is 13.7 Å². The van der Waals surface area contributed by atoms with Crippen molar-refractivity contribution >= 4 is 0 Å². The molecule has 4 heteroatoms. The summed E-state index contributed by atoms with van der Waals surface area (Å²) < 4.78 is 5.25. The number of hydrogen-bond donors (Lipinski definition) is 1. The molecule has 0 bridgehead atoms. The molecule has 112 valence electrons. The van der Waals surface area contributed by atoms with Crippen molar-refractivity contribution in [3.05, 3.63) is 29.3 Å². The molecule has 2 fully saturated rings. The quantitative estimate of drug-likeness (QED) is 0.927. The molecule has 3 rings (SSSR count). The standard InChI is InChI=1S/C17H23N3O/c1-21-16-8-5-12(10-13(16)11-18)17-15(19)4-2-3-9-20(17)14-6-7-14/h5,8,10,14-15,17H,2-4,6-7,9,19H2,1H3. The Labute approximate surface area is 126 Å². The monoisotopic (exact) mass is 285 g/mol. The molecule has 1 aliphatic heterocycles. The predicted molar refractivity (Wildman–Crippen MR) is 82.0 cm³/mol. The fourth-order valence-electron chi connectivity index (χ4n) is 3.47. The van der Waals surface area contributed by atoms with Gasteiger partial charge < -0.3 is 10.5 Å². The fraction of sp³-hybridized carbons (Fsp3) is 0.588. The van der Waals surface area contributed by atoms with Crippen molar-refractivity contribution in [2.24, 2.45) is 5.73 Å². The van der Waals surface area contributed by atoms with Crippen LogP contribution in [0.15, 0.2) is 18.2 Å². The van der Waals surface area contributed by atoms with Crippen LogP contribution in [0.2, 0.25) is 0 Å². The second-order valence-corrected chi connectivity index (χ2v) is 6.14. The number of likely N-dealkylation sites (tertiary alicyclic amines) is 1. The summed E-state index contributed by atoms with van der Waals surface area (Å²) in [6, 6.07) is 9.24. The van der Waals surface area contributed by atoms with Gasteiger partial charge in [0.05, 0.1) is 18.7 Å². The van der Waals surface area contributed by atoms with Crippen molar-refractivity contribution in [2.45, 2.75) is 50.2 Å². The van der Waals surface area contributed by atoms with Gasteiger partial charge in [0.1, 0.15) is 11.8 Å². The minimum atomic E-state index is 0.146. The van der Waals surface area contributed by atoms with Crippen molar-refractivity contribution in [1.29, 1.82) is 5.26 Å². The summed E-state index contributed by atoms with van der Waals surface area (Å²) in [4.78, 5) is 2.57. The second kappa shape index (κ2) is 6.05. The first kappa shape index (κ1) is 14.4. The molecular formula is C17H23N3O. The molecule has 0 spiro atoms. The molecule has 2 atom stereocenters. The molecule has 0 radical (unpaired) electrons. The summed E-state index contributed by atoms with van der Waals surface area (Å²) in [5.41, 5.74) is 8.23. The van der Waals surface area contributed by atoms with Crippen LogP contribution in [0.1, 0.15) is 49.3 Å². The van der Waals surface area contributed by atoms with E-state index < -0.39 is 0 Å². The highest BCUT2D eigenvalue weighted by Crippen LogP contribution is 2.39. The third-order valence-corrected chi connectivity index (χ3v) is 4.67. The Morgan fingerprint density at radius 3 is 2.76 bits per heavy atom. The molecule has 2 aliphatic rings. The maximum atomic E-state index is 9.31. The number of benzene rings is 1. The number of nitrogens with zero attached hydrogens (tertiary/aromatic N) is 2. The van der Waals surface area contributed by atoms with Crippen LogP contribution >= 0.6 is 0 Å². The lowest BCUT2D eigenvalue weighted by Gasteiger charge is -2.34. The Morgan fingerprint density at radius 1 is 1.29 bits per heavy atom. The molecule has 1 aliphatic carbocycles. The summed E-state index contributed by atoms with van der Waals surface area (Å²) in [6.45, 7) is 1.12. The Morgan fingerprint density at radius 2 is 2.10 bits per heavy atom. The molecule has 1 saturated heterocycles. The van der Waals surface area contributed by atoms with E-state index in [2.05, 4.69) is 17.0 Å². The number of nitrogens with two attached hydrogens (primary N) is 1. The van der Waals surface area contributed by atoms with E-state index in [1.54, 1.807) is 7.11 Å². The van der Waals surface area contributed by atoms with Crippen molar-refractivity contribution < 1.29 is 4.74 Å². The van der Waals surface area contributed by atoms with Crippen LogP contribution < -0.4 is 10.5 Å². The molecule has 1 aromatic carbocycles. The van der Waals surface area contributed by atoms with E-state index in [-0.39, 0.29) is 12.1 Å². The van der Waals surface area contributed by atoms with E-state index in [4.69, 9.17) is 10.5 Å². The van der Waals surface area contributed by atoms with Crippen molar-refractivity contribution in [3.8, 4) is 11.8 Å². The third kappa shape index (κ3) is 2.90. The van der Waals surface area contributed by atoms with Gasteiger partial charge in [-0.15, -0.1) is 0 Å². The largest absolute Gasteiger partial charge is 0.495 e. The second-order valence-electron chi connectivity index (χ2n) is 6.14. The van der Waals surface area contributed by atoms with Gasteiger partial charge in [0.2, 0.25) is 0 Å². The molecule has 21 heavy (non-hydrogen) atoms. The number of ether oxygens (including phenoxy) is 1. The molecular weight excluding hydrogens is 262 g/mol. The van der Waals surface area contributed by atoms with E-state index in [1.807, 2.05) is 12.1 Å². The summed E-state index contributed by atoms with van der Waals surface area (Å²) in [5, 5.41) is 9.31. The van der Waals surface area contributed by atoms with Gasteiger partial charge >= 0.3 is 0 Å². The lowest BCUT2D eigenvalue weighted by Crippen LogP contribution is -2.41. The van der Waals surface area contributed by atoms with E-state index in [1.165, 1.54) is 25.7 Å². The molecule has 0 amide bonds. The van der Waals surface area contributed by atoms with Gasteiger partial charge in [-0.1, -0.05) is 12.5 Å². The highest BCUT2D eigenvalue weighted by atomic mass is 16.5. The smallest absolute Gasteiger partial charge is 0.136 e. The average Bonchev–Trinajstić information content (AvgIpc) is 3.33. The Kier molecular flexibility index (Phi) is 4.14. The fourth-order valence-corrected chi connectivity index (χ4v) is 3.47. The Bertz CT molecular complexity index is 547. The highest BCUT2D eigenvalue weighted by molar-refractivity contribution is 5.46. The first-order chi connectivity index (χ1) is 10.2. The summed E-state index contributed by atoms with van der Waals surface area (Å²) in [6.07, 6.45) is 6.04. The predicted octanol–water partition coefficient (Wildman–Crippen LogP) is 2.58. The molecule has 4 nitrogen and oxygen atoms in total. The SMILES string of the molecule is COc1ccc(C2C(N)CCCCN2C2CC2)cc1C#N. The zero-order valence-corrected chi connectivity index (χ0v) is 12.6. The lowest BCUT2D eigenvalue weighted by molar-refractivity contribution is 0.175. The Hall–Kier alpha value is -1.57. The minimum absolute atomic E-state index is 0.146. The molecule has 2 N–H and O–H groups in total. The van der Waals surface area contributed by atoms with Gasteiger partial charge in [-0.05, 0) is 49.9 Å². The normalized spacial score (nSPS) is 26.9. The number of methoxy groups -OCH3 is 1. The topological polar surface area (TPSA) is 62.3 Å². The van der Waals surface area contributed by atoms with E-state index in [9.17, 15) is 5.26 Å². The van der Waals surface area contributed by atoms with E-state index >= 15 is 0 Å². The van der Waals surface area contributed by atoms with Crippen LogP contribution in [0.3, 0.4) is 0 Å². The molecule has 1 heterocycles. The summed E-state index contributed by atoms with van der Waals surface area (Å²) in [5.74, 6) is 0.640. The molecule has 1 saturated carbocycles. The average molecular weight is 285 g/mol. The van der Waals surface area contributed by atoms with Gasteiger partial charge in [0.15, 0.2) is 0 Å². The van der Waals surface area contributed by atoms with Gasteiger partial charge in [0.25, 0.3) is 0 Å². The third-order valence-electron chi connectivity index (χ3n) is 4.67. The number of hydrogen-bond acceptors (Lipinski definition) is 4. The maximum Gasteiger partial charge on any atom is 0.136 e. The molecule has 2 unspecified atom stereocenters. The first-order valence-corrected chi connectivity index (χ1v) is 7.84. The van der Waals surface area contributed by atoms with Crippen LogP contribution in [0, 0.1) is 11.3 Å². The maximum absolute atomic E-state index is 9.31. The minimum Gasteiger partial charge on any atom is -0.495 e. The van der Waals surface area contributed by atoms with Crippen LogP contribution in [-0.4, -0.2) is 30.6 Å². The van der Waals surface area contributed by atoms with Crippen molar-refractivity contribution in [1.82, 2.24) is 4.90 Å². The lowest BCUT2D eigenvalue weighted by atomic mass is 9.94. The van der Waals surface area contributed by atoms with Crippen LogP contribution in [0.25, 0.3) is 0 Å². The van der Waals surface area contributed by atoms with Gasteiger partial charge in [0, 0.05) is 12.1 Å². The van der Waals surface area contributed by atoms with E-state index in [0.29, 0.717) is 17.4 Å².